The average Bonchev–Trinajstić information content (AvgIpc) is 3.20. The van der Waals surface area contributed by atoms with Crippen LogP contribution in [0.4, 0.5) is 0 Å². The SMILES string of the molecule is C=C(C)[C@@H]1CCC(C)=C[C@H]1c1c(O)cc(CCCCC)cc1OCOCC1=C(C(=O)O)N2C(=O)[C@H]([C@@H](C)O)[C@H]2S1. The van der Waals surface area contributed by atoms with Gasteiger partial charge in [0.15, 0.2) is 6.79 Å². The third kappa shape index (κ3) is 6.11. The number of hydrogen-bond acceptors (Lipinski definition) is 7. The number of aryl methyl sites for hydroxylation is 1. The first-order valence-corrected chi connectivity index (χ1v) is 15.0. The fourth-order valence-electron chi connectivity index (χ4n) is 5.95. The van der Waals surface area contributed by atoms with Crippen LogP contribution in [0.2, 0.25) is 0 Å². The molecule has 1 aromatic carbocycles. The Balaban J connectivity index is 1.53. The molecule has 40 heavy (non-hydrogen) atoms. The lowest BCUT2D eigenvalue weighted by molar-refractivity contribution is -0.156. The van der Waals surface area contributed by atoms with E-state index in [1.54, 1.807) is 0 Å². The van der Waals surface area contributed by atoms with Crippen LogP contribution in [-0.4, -0.2) is 57.0 Å². The summed E-state index contributed by atoms with van der Waals surface area (Å²) in [5.41, 5.74) is 3.92. The summed E-state index contributed by atoms with van der Waals surface area (Å²) in [7, 11) is 0. The lowest BCUT2D eigenvalue weighted by Crippen LogP contribution is -2.60. The van der Waals surface area contributed by atoms with Crippen molar-refractivity contribution in [3.8, 4) is 11.5 Å². The molecule has 1 saturated heterocycles. The predicted molar refractivity (Wildman–Crippen MR) is 155 cm³/mol. The van der Waals surface area contributed by atoms with E-state index in [1.165, 1.54) is 29.2 Å². The standard InChI is InChI=1S/C31H41NO7S/c1-6-7-8-9-20-13-23(34)27(22-12-18(4)10-11-21(22)17(2)3)24(14-20)39-16-38-15-25-28(31(36)37)32-29(35)26(19(5)33)30(32)40-25/h12-14,19,21-22,26,30,33-34H,2,6-11,15-16H2,1,3-5H3,(H,36,37)/t19-,21+,22-,26+,30-/m1/s1. The van der Waals surface area contributed by atoms with Gasteiger partial charge in [-0.25, -0.2) is 4.79 Å². The van der Waals surface area contributed by atoms with Crippen molar-refractivity contribution in [3.05, 3.63) is 57.7 Å². The number of phenols is 1. The van der Waals surface area contributed by atoms with E-state index in [1.807, 2.05) is 19.1 Å². The molecule has 0 aromatic heterocycles. The summed E-state index contributed by atoms with van der Waals surface area (Å²) in [5.74, 6) is -1.39. The maximum absolute atomic E-state index is 12.5. The molecule has 0 radical (unpaired) electrons. The molecule has 5 atom stereocenters. The first kappa shape index (κ1) is 30.2. The van der Waals surface area contributed by atoms with Crippen molar-refractivity contribution in [1.82, 2.24) is 4.90 Å². The molecule has 0 saturated carbocycles. The van der Waals surface area contributed by atoms with Crippen LogP contribution in [0, 0.1) is 11.8 Å². The minimum absolute atomic E-state index is 0.0482. The lowest BCUT2D eigenvalue weighted by Gasteiger charge is -2.43. The second-order valence-electron chi connectivity index (χ2n) is 11.2. The zero-order valence-corrected chi connectivity index (χ0v) is 24.6. The number of carboxylic acid groups (broad SMARTS) is 1. The highest BCUT2D eigenvalue weighted by atomic mass is 32.2. The second-order valence-corrected chi connectivity index (χ2v) is 12.4. The Hall–Kier alpha value is -2.75. The van der Waals surface area contributed by atoms with E-state index in [2.05, 4.69) is 26.5 Å². The van der Waals surface area contributed by atoms with Crippen molar-refractivity contribution in [2.24, 2.45) is 11.8 Å². The van der Waals surface area contributed by atoms with E-state index >= 15 is 0 Å². The number of β-lactam (4-membered cyclic amide) rings is 1. The van der Waals surface area contributed by atoms with Crippen LogP contribution >= 0.6 is 11.8 Å². The molecular weight excluding hydrogens is 530 g/mol. The molecule has 3 N–H and O–H groups in total. The van der Waals surface area contributed by atoms with Crippen molar-refractivity contribution in [2.75, 3.05) is 13.4 Å². The Labute approximate surface area is 240 Å². The van der Waals surface area contributed by atoms with Gasteiger partial charge in [0.1, 0.15) is 22.6 Å². The van der Waals surface area contributed by atoms with Gasteiger partial charge in [-0.15, -0.1) is 0 Å². The van der Waals surface area contributed by atoms with Crippen LogP contribution in [-0.2, 0) is 20.7 Å². The van der Waals surface area contributed by atoms with Crippen molar-refractivity contribution < 1.29 is 34.4 Å². The number of benzene rings is 1. The number of unbranched alkanes of at least 4 members (excludes halogenated alkanes) is 2. The number of aliphatic hydroxyl groups excluding tert-OH is 1. The molecular formula is C31H41NO7S. The fraction of sp³-hybridized carbons (Fsp3) is 0.548. The highest BCUT2D eigenvalue weighted by Gasteiger charge is 2.57. The molecule has 8 nitrogen and oxygen atoms in total. The average molecular weight is 572 g/mol. The molecule has 218 valence electrons. The number of nitrogens with zero attached hydrogens (tertiary/aromatic N) is 1. The highest BCUT2D eigenvalue weighted by molar-refractivity contribution is 8.04. The van der Waals surface area contributed by atoms with Gasteiger partial charge in [0, 0.05) is 16.4 Å². The van der Waals surface area contributed by atoms with E-state index in [-0.39, 0.29) is 42.6 Å². The van der Waals surface area contributed by atoms with Crippen molar-refractivity contribution in [2.45, 2.75) is 83.6 Å². The number of rotatable bonds is 13. The Morgan fingerprint density at radius 3 is 2.70 bits per heavy atom. The number of fused-ring (bicyclic) bond motifs is 1. The molecule has 1 aliphatic carbocycles. The van der Waals surface area contributed by atoms with Gasteiger partial charge in [0.05, 0.1) is 18.6 Å². The summed E-state index contributed by atoms with van der Waals surface area (Å²) in [6.45, 7) is 11.8. The van der Waals surface area contributed by atoms with Gasteiger partial charge < -0.3 is 24.8 Å². The number of amides is 1. The normalized spacial score (nSPS) is 24.9. The molecule has 1 aromatic rings. The molecule has 0 bridgehead atoms. The van der Waals surface area contributed by atoms with Crippen LogP contribution in [0.1, 0.15) is 76.8 Å². The highest BCUT2D eigenvalue weighted by Crippen LogP contribution is 2.50. The number of ether oxygens (including phenoxy) is 2. The van der Waals surface area contributed by atoms with E-state index in [9.17, 15) is 24.9 Å². The zero-order valence-electron chi connectivity index (χ0n) is 23.8. The number of thioether (sulfide) groups is 1. The summed E-state index contributed by atoms with van der Waals surface area (Å²) >= 11 is 1.23. The zero-order chi connectivity index (χ0) is 29.1. The Morgan fingerprint density at radius 2 is 2.05 bits per heavy atom. The third-order valence-corrected chi connectivity index (χ3v) is 9.41. The molecule has 2 aliphatic heterocycles. The number of aliphatic hydroxyl groups is 1. The number of aliphatic carboxylic acids is 1. The Morgan fingerprint density at radius 1 is 1.30 bits per heavy atom. The quantitative estimate of drug-likeness (QED) is 0.119. The largest absolute Gasteiger partial charge is 0.507 e. The van der Waals surface area contributed by atoms with Gasteiger partial charge in [-0.1, -0.05) is 55.3 Å². The summed E-state index contributed by atoms with van der Waals surface area (Å²) in [5, 5.41) is 30.5. The number of carboxylic acids is 1. The molecule has 1 fully saturated rings. The number of hydrogen-bond donors (Lipinski definition) is 3. The summed E-state index contributed by atoms with van der Waals surface area (Å²) in [6, 6.07) is 3.82. The predicted octanol–water partition coefficient (Wildman–Crippen LogP) is 5.70. The molecule has 0 spiro atoms. The van der Waals surface area contributed by atoms with Crippen LogP contribution in [0.25, 0.3) is 0 Å². The molecule has 4 rings (SSSR count). The Kier molecular flexibility index (Phi) is 9.69. The summed E-state index contributed by atoms with van der Waals surface area (Å²) < 4.78 is 11.9. The molecule has 9 heteroatoms. The lowest BCUT2D eigenvalue weighted by atomic mass is 9.73. The van der Waals surface area contributed by atoms with Crippen LogP contribution in [0.5, 0.6) is 11.5 Å². The minimum Gasteiger partial charge on any atom is -0.507 e. The minimum atomic E-state index is -1.20. The number of phenolic OH excluding ortho intramolecular Hbond substituents is 1. The smallest absolute Gasteiger partial charge is 0.353 e. The van der Waals surface area contributed by atoms with Crippen molar-refractivity contribution in [3.63, 3.8) is 0 Å². The van der Waals surface area contributed by atoms with E-state index < -0.39 is 23.4 Å². The molecule has 3 aliphatic rings. The van der Waals surface area contributed by atoms with Gasteiger partial charge in [0.25, 0.3) is 0 Å². The molecule has 1 amide bonds. The number of allylic oxidation sites excluding steroid dienone is 3. The number of aromatic hydroxyl groups is 1. The second kappa shape index (κ2) is 12.8. The van der Waals surface area contributed by atoms with Crippen LogP contribution < -0.4 is 4.74 Å². The monoisotopic (exact) mass is 571 g/mol. The van der Waals surface area contributed by atoms with Crippen LogP contribution in [0.15, 0.2) is 46.5 Å². The Bertz CT molecular complexity index is 1220. The van der Waals surface area contributed by atoms with Gasteiger partial charge in [-0.05, 0) is 70.1 Å². The van der Waals surface area contributed by atoms with E-state index in [0.717, 1.165) is 49.7 Å². The van der Waals surface area contributed by atoms with E-state index in [0.29, 0.717) is 16.2 Å². The molecule has 2 heterocycles. The first-order valence-electron chi connectivity index (χ1n) is 14.1. The maximum Gasteiger partial charge on any atom is 0.353 e. The number of carbonyl (C=O) groups is 2. The van der Waals surface area contributed by atoms with Gasteiger partial charge >= 0.3 is 5.97 Å². The topological polar surface area (TPSA) is 117 Å². The van der Waals surface area contributed by atoms with Crippen LogP contribution in [0.3, 0.4) is 0 Å². The first-order chi connectivity index (χ1) is 19.0. The fourth-order valence-corrected chi connectivity index (χ4v) is 7.49. The van der Waals surface area contributed by atoms with Crippen molar-refractivity contribution >= 4 is 23.6 Å². The molecule has 0 unspecified atom stereocenters. The number of carbonyl (C=O) groups excluding carboxylic acids is 1. The summed E-state index contributed by atoms with van der Waals surface area (Å²) in [4.78, 5) is 26.0. The van der Waals surface area contributed by atoms with Gasteiger partial charge in [0.2, 0.25) is 5.91 Å². The van der Waals surface area contributed by atoms with E-state index in [4.69, 9.17) is 9.47 Å². The summed E-state index contributed by atoms with van der Waals surface area (Å²) in [6.07, 6.45) is 7.29. The van der Waals surface area contributed by atoms with Gasteiger partial charge in [-0.2, -0.15) is 0 Å². The van der Waals surface area contributed by atoms with Crippen molar-refractivity contribution in [1.29, 1.82) is 0 Å². The third-order valence-electron chi connectivity index (χ3n) is 8.07. The maximum atomic E-state index is 12.5. The van der Waals surface area contributed by atoms with Gasteiger partial charge in [-0.3, -0.25) is 9.69 Å².